The van der Waals surface area contributed by atoms with E-state index in [1.807, 2.05) is 35.7 Å². The maximum Gasteiger partial charge on any atom is 0.0761 e. The smallest absolute Gasteiger partial charge is 0.0761 e. The van der Waals surface area contributed by atoms with E-state index in [1.54, 1.807) is 11.3 Å². The zero-order valence-electron chi connectivity index (χ0n) is 8.56. The molecule has 0 saturated carbocycles. The summed E-state index contributed by atoms with van der Waals surface area (Å²) >= 11 is 7.60. The van der Waals surface area contributed by atoms with Crippen molar-refractivity contribution in [3.8, 4) is 6.07 Å². The fourth-order valence-corrected chi connectivity index (χ4v) is 2.54. The molecule has 0 N–H and O–H groups in total. The molecule has 0 spiro atoms. The first-order chi connectivity index (χ1) is 7.79. The van der Waals surface area contributed by atoms with Gasteiger partial charge in [0.2, 0.25) is 0 Å². The van der Waals surface area contributed by atoms with E-state index in [-0.39, 0.29) is 5.92 Å². The summed E-state index contributed by atoms with van der Waals surface area (Å²) in [4.78, 5) is 1.23. The van der Waals surface area contributed by atoms with Gasteiger partial charge in [0.1, 0.15) is 0 Å². The SMILES string of the molecule is N#CC(Cc1cccs1)c1cccc(Cl)c1. The average molecular weight is 248 g/mol. The number of hydrogen-bond donors (Lipinski definition) is 0. The summed E-state index contributed by atoms with van der Waals surface area (Å²) in [6, 6.07) is 13.9. The van der Waals surface area contributed by atoms with Gasteiger partial charge in [-0.2, -0.15) is 5.26 Å². The van der Waals surface area contributed by atoms with Crippen LogP contribution in [0.2, 0.25) is 5.02 Å². The van der Waals surface area contributed by atoms with Crippen molar-refractivity contribution in [2.45, 2.75) is 12.3 Å². The van der Waals surface area contributed by atoms with Crippen molar-refractivity contribution in [2.75, 3.05) is 0 Å². The van der Waals surface area contributed by atoms with Crippen LogP contribution in [0.5, 0.6) is 0 Å². The van der Waals surface area contributed by atoms with E-state index in [0.29, 0.717) is 5.02 Å². The predicted molar refractivity (Wildman–Crippen MR) is 67.8 cm³/mol. The van der Waals surface area contributed by atoms with Gasteiger partial charge in [-0.3, -0.25) is 0 Å². The minimum absolute atomic E-state index is 0.114. The Morgan fingerprint density at radius 1 is 1.31 bits per heavy atom. The first-order valence-corrected chi connectivity index (χ1v) is 6.23. The van der Waals surface area contributed by atoms with Crippen LogP contribution in [0.1, 0.15) is 16.4 Å². The Morgan fingerprint density at radius 2 is 2.19 bits per heavy atom. The van der Waals surface area contributed by atoms with Crippen molar-refractivity contribution in [2.24, 2.45) is 0 Å². The van der Waals surface area contributed by atoms with E-state index in [9.17, 15) is 5.26 Å². The minimum Gasteiger partial charge on any atom is -0.198 e. The molecule has 3 heteroatoms. The monoisotopic (exact) mass is 247 g/mol. The molecule has 0 radical (unpaired) electrons. The van der Waals surface area contributed by atoms with E-state index in [0.717, 1.165) is 12.0 Å². The predicted octanol–water partition coefficient (Wildman–Crippen LogP) is 4.25. The van der Waals surface area contributed by atoms with E-state index in [2.05, 4.69) is 12.1 Å². The van der Waals surface area contributed by atoms with Gasteiger partial charge in [-0.1, -0.05) is 29.8 Å². The summed E-state index contributed by atoms with van der Waals surface area (Å²) in [7, 11) is 0. The molecule has 1 atom stereocenters. The lowest BCUT2D eigenvalue weighted by molar-refractivity contribution is 0.862. The normalized spacial score (nSPS) is 12.0. The number of nitrogens with zero attached hydrogens (tertiary/aromatic N) is 1. The lowest BCUT2D eigenvalue weighted by atomic mass is 9.97. The molecule has 2 aromatic rings. The van der Waals surface area contributed by atoms with Crippen LogP contribution in [-0.4, -0.2) is 0 Å². The summed E-state index contributed by atoms with van der Waals surface area (Å²) in [6.07, 6.45) is 0.758. The molecule has 1 heterocycles. The maximum absolute atomic E-state index is 9.18. The van der Waals surface area contributed by atoms with E-state index in [1.165, 1.54) is 4.88 Å². The molecule has 1 nitrogen and oxygen atoms in total. The molecule has 1 aromatic heterocycles. The standard InChI is InChI=1S/C13H10ClNS/c14-12-4-1-3-10(7-12)11(9-15)8-13-5-2-6-16-13/h1-7,11H,8H2. The van der Waals surface area contributed by atoms with Gasteiger partial charge in [0.05, 0.1) is 12.0 Å². The minimum atomic E-state index is -0.114. The fraction of sp³-hybridized carbons (Fsp3) is 0.154. The Hall–Kier alpha value is -1.30. The molecule has 0 amide bonds. The highest BCUT2D eigenvalue weighted by Crippen LogP contribution is 2.24. The van der Waals surface area contributed by atoms with Crippen molar-refractivity contribution in [1.82, 2.24) is 0 Å². The highest BCUT2D eigenvalue weighted by atomic mass is 35.5. The lowest BCUT2D eigenvalue weighted by Crippen LogP contribution is -1.98. The van der Waals surface area contributed by atoms with Crippen molar-refractivity contribution in [3.05, 3.63) is 57.2 Å². The Labute approximate surface area is 104 Å². The van der Waals surface area contributed by atoms with Gasteiger partial charge in [-0.15, -0.1) is 11.3 Å². The first kappa shape index (κ1) is 11.2. The number of rotatable bonds is 3. The highest BCUT2D eigenvalue weighted by molar-refractivity contribution is 7.09. The third kappa shape index (κ3) is 2.63. The van der Waals surface area contributed by atoms with E-state index >= 15 is 0 Å². The summed E-state index contributed by atoms with van der Waals surface area (Å²) in [5.74, 6) is -0.114. The van der Waals surface area contributed by atoms with Gasteiger partial charge in [-0.25, -0.2) is 0 Å². The maximum atomic E-state index is 9.18. The van der Waals surface area contributed by atoms with Crippen molar-refractivity contribution >= 4 is 22.9 Å². The summed E-state index contributed by atoms with van der Waals surface area (Å²) in [5.41, 5.74) is 0.989. The van der Waals surface area contributed by atoms with Crippen molar-refractivity contribution in [1.29, 1.82) is 5.26 Å². The Morgan fingerprint density at radius 3 is 2.81 bits per heavy atom. The van der Waals surface area contributed by atoms with Crippen molar-refractivity contribution in [3.63, 3.8) is 0 Å². The molecule has 0 aliphatic heterocycles. The molecule has 0 saturated heterocycles. The Bertz CT molecular complexity index is 499. The third-order valence-electron chi connectivity index (χ3n) is 2.39. The molecule has 0 aliphatic carbocycles. The second-order valence-electron chi connectivity index (χ2n) is 3.52. The molecule has 0 bridgehead atoms. The van der Waals surface area contributed by atoms with Gasteiger partial charge in [0.25, 0.3) is 0 Å². The van der Waals surface area contributed by atoms with Crippen LogP contribution in [0.25, 0.3) is 0 Å². The molecule has 80 valence electrons. The summed E-state index contributed by atoms with van der Waals surface area (Å²) in [5, 5.41) is 11.9. The van der Waals surface area contributed by atoms with E-state index in [4.69, 9.17) is 11.6 Å². The number of hydrogen-bond acceptors (Lipinski definition) is 2. The topological polar surface area (TPSA) is 23.8 Å². The molecule has 2 rings (SSSR count). The van der Waals surface area contributed by atoms with Crippen LogP contribution in [0.3, 0.4) is 0 Å². The van der Waals surface area contributed by atoms with Gasteiger partial charge in [0, 0.05) is 16.3 Å². The molecule has 1 unspecified atom stereocenters. The Kier molecular flexibility index (Phi) is 3.61. The number of halogens is 1. The largest absolute Gasteiger partial charge is 0.198 e. The zero-order valence-corrected chi connectivity index (χ0v) is 10.1. The second-order valence-corrected chi connectivity index (χ2v) is 4.99. The molecular formula is C13H10ClNS. The van der Waals surface area contributed by atoms with Crippen LogP contribution in [0.4, 0.5) is 0 Å². The Balaban J connectivity index is 2.21. The van der Waals surface area contributed by atoms with Gasteiger partial charge in [0.15, 0.2) is 0 Å². The molecule has 0 aliphatic rings. The van der Waals surface area contributed by atoms with Crippen LogP contribution in [0.15, 0.2) is 41.8 Å². The second kappa shape index (κ2) is 5.16. The zero-order chi connectivity index (χ0) is 11.4. The average Bonchev–Trinajstić information content (AvgIpc) is 2.78. The molecule has 16 heavy (non-hydrogen) atoms. The first-order valence-electron chi connectivity index (χ1n) is 4.97. The van der Waals surface area contributed by atoms with Crippen LogP contribution in [-0.2, 0) is 6.42 Å². The molecule has 0 fully saturated rings. The van der Waals surface area contributed by atoms with Crippen LogP contribution in [0, 0.1) is 11.3 Å². The lowest BCUT2D eigenvalue weighted by Gasteiger charge is -2.08. The number of nitriles is 1. The quantitative estimate of drug-likeness (QED) is 0.795. The fourth-order valence-electron chi connectivity index (χ4n) is 1.59. The molecular weight excluding hydrogens is 238 g/mol. The van der Waals surface area contributed by atoms with Gasteiger partial charge < -0.3 is 0 Å². The van der Waals surface area contributed by atoms with Crippen molar-refractivity contribution < 1.29 is 0 Å². The van der Waals surface area contributed by atoms with Crippen LogP contribution < -0.4 is 0 Å². The van der Waals surface area contributed by atoms with Gasteiger partial charge in [-0.05, 0) is 29.1 Å². The number of thiophene rings is 1. The van der Waals surface area contributed by atoms with E-state index < -0.39 is 0 Å². The molecule has 1 aromatic carbocycles. The summed E-state index contributed by atoms with van der Waals surface area (Å²) < 4.78 is 0. The van der Waals surface area contributed by atoms with Gasteiger partial charge >= 0.3 is 0 Å². The number of benzene rings is 1. The summed E-state index contributed by atoms with van der Waals surface area (Å²) in [6.45, 7) is 0. The highest BCUT2D eigenvalue weighted by Gasteiger charge is 2.12. The van der Waals surface area contributed by atoms with Crippen LogP contribution >= 0.6 is 22.9 Å². The third-order valence-corrected chi connectivity index (χ3v) is 3.53.